The Kier molecular flexibility index (Phi) is 4.57. The number of hydrogen-bond donors (Lipinski definition) is 1. The molecule has 0 aliphatic rings. The summed E-state index contributed by atoms with van der Waals surface area (Å²) >= 11 is 3.45. The number of pyridine rings is 1. The van der Waals surface area contributed by atoms with Crippen LogP contribution in [0.1, 0.15) is 21.8 Å². The number of carbonyl (C=O) groups is 1. The van der Waals surface area contributed by atoms with Crippen LogP contribution in [0.3, 0.4) is 0 Å². The van der Waals surface area contributed by atoms with Crippen molar-refractivity contribution in [3.8, 4) is 11.3 Å². The minimum Gasteiger partial charge on any atom is -0.467 e. The van der Waals surface area contributed by atoms with Crippen molar-refractivity contribution in [1.82, 2.24) is 10.3 Å². The summed E-state index contributed by atoms with van der Waals surface area (Å²) in [5.41, 5.74) is 3.10. The minimum atomic E-state index is -0.160. The van der Waals surface area contributed by atoms with Crippen LogP contribution in [-0.4, -0.2) is 10.9 Å². The summed E-state index contributed by atoms with van der Waals surface area (Å²) in [6.07, 6.45) is 1.58. The van der Waals surface area contributed by atoms with E-state index in [0.29, 0.717) is 17.8 Å². The standard InChI is InChI=1S/C18H15BrN2O2/c1-12-16(18(22)20-11-15-6-3-9-23-15)7-8-17(21-12)13-4-2-5-14(19)10-13/h2-10H,11H2,1H3,(H,20,22). The van der Waals surface area contributed by atoms with Crippen molar-refractivity contribution < 1.29 is 9.21 Å². The van der Waals surface area contributed by atoms with Crippen molar-refractivity contribution in [1.29, 1.82) is 0 Å². The molecular weight excluding hydrogens is 356 g/mol. The summed E-state index contributed by atoms with van der Waals surface area (Å²) in [4.78, 5) is 16.8. The first-order chi connectivity index (χ1) is 11.1. The fraction of sp³-hybridized carbons (Fsp3) is 0.111. The number of nitrogens with zero attached hydrogens (tertiary/aromatic N) is 1. The van der Waals surface area contributed by atoms with Crippen molar-refractivity contribution in [2.45, 2.75) is 13.5 Å². The Hall–Kier alpha value is -2.40. The number of aromatic nitrogens is 1. The first-order valence-corrected chi connectivity index (χ1v) is 7.97. The molecule has 2 heterocycles. The van der Waals surface area contributed by atoms with E-state index < -0.39 is 0 Å². The second kappa shape index (κ2) is 6.79. The number of hydrogen-bond acceptors (Lipinski definition) is 3. The molecule has 1 aromatic carbocycles. The highest BCUT2D eigenvalue weighted by molar-refractivity contribution is 9.10. The monoisotopic (exact) mass is 370 g/mol. The Morgan fingerprint density at radius 3 is 2.78 bits per heavy atom. The predicted molar refractivity (Wildman–Crippen MR) is 92.0 cm³/mol. The lowest BCUT2D eigenvalue weighted by atomic mass is 10.1. The molecule has 23 heavy (non-hydrogen) atoms. The fourth-order valence-electron chi connectivity index (χ4n) is 2.29. The molecule has 4 nitrogen and oxygen atoms in total. The van der Waals surface area contributed by atoms with E-state index in [1.54, 1.807) is 18.4 Å². The van der Waals surface area contributed by atoms with Crippen LogP contribution in [0.15, 0.2) is 63.7 Å². The van der Waals surface area contributed by atoms with Crippen molar-refractivity contribution in [3.63, 3.8) is 0 Å². The molecule has 0 saturated carbocycles. The molecule has 0 atom stereocenters. The zero-order valence-corrected chi connectivity index (χ0v) is 14.1. The molecule has 0 fully saturated rings. The first kappa shape index (κ1) is 15.5. The van der Waals surface area contributed by atoms with Gasteiger partial charge in [-0.15, -0.1) is 0 Å². The van der Waals surface area contributed by atoms with Gasteiger partial charge in [-0.3, -0.25) is 9.78 Å². The zero-order chi connectivity index (χ0) is 16.2. The van der Waals surface area contributed by atoms with Crippen LogP contribution in [0.25, 0.3) is 11.3 Å². The topological polar surface area (TPSA) is 55.1 Å². The minimum absolute atomic E-state index is 0.160. The van der Waals surface area contributed by atoms with Crippen molar-refractivity contribution >= 4 is 21.8 Å². The number of amides is 1. The Morgan fingerprint density at radius 2 is 2.09 bits per heavy atom. The maximum atomic E-state index is 12.3. The van der Waals surface area contributed by atoms with Crippen molar-refractivity contribution in [2.75, 3.05) is 0 Å². The summed E-state index contributed by atoms with van der Waals surface area (Å²) in [7, 11) is 0. The molecule has 1 amide bonds. The lowest BCUT2D eigenvalue weighted by molar-refractivity contribution is 0.0947. The highest BCUT2D eigenvalue weighted by Crippen LogP contribution is 2.22. The molecule has 5 heteroatoms. The van der Waals surface area contributed by atoms with Crippen LogP contribution in [0, 0.1) is 6.92 Å². The number of aryl methyl sites for hydroxylation is 1. The third kappa shape index (κ3) is 3.68. The smallest absolute Gasteiger partial charge is 0.253 e. The van der Waals surface area contributed by atoms with Gasteiger partial charge in [0.2, 0.25) is 0 Å². The van der Waals surface area contributed by atoms with Gasteiger partial charge < -0.3 is 9.73 Å². The van der Waals surface area contributed by atoms with Gasteiger partial charge in [0, 0.05) is 10.0 Å². The Morgan fingerprint density at radius 1 is 1.22 bits per heavy atom. The van der Waals surface area contributed by atoms with Crippen molar-refractivity contribution in [3.05, 3.63) is 76.3 Å². The van der Waals surface area contributed by atoms with E-state index in [4.69, 9.17) is 4.42 Å². The van der Waals surface area contributed by atoms with Gasteiger partial charge in [0.25, 0.3) is 5.91 Å². The van der Waals surface area contributed by atoms with Gasteiger partial charge in [-0.25, -0.2) is 0 Å². The van der Waals surface area contributed by atoms with E-state index in [-0.39, 0.29) is 5.91 Å². The number of benzene rings is 1. The van der Waals surface area contributed by atoms with E-state index in [2.05, 4.69) is 26.2 Å². The van der Waals surface area contributed by atoms with Gasteiger partial charge in [0.05, 0.1) is 29.8 Å². The van der Waals surface area contributed by atoms with E-state index in [0.717, 1.165) is 21.5 Å². The molecule has 0 aliphatic heterocycles. The van der Waals surface area contributed by atoms with E-state index in [1.165, 1.54) is 0 Å². The molecule has 0 bridgehead atoms. The summed E-state index contributed by atoms with van der Waals surface area (Å²) in [5, 5.41) is 2.83. The molecule has 0 radical (unpaired) electrons. The van der Waals surface area contributed by atoms with Crippen LogP contribution in [0.4, 0.5) is 0 Å². The average Bonchev–Trinajstić information content (AvgIpc) is 3.06. The van der Waals surface area contributed by atoms with Crippen LogP contribution >= 0.6 is 15.9 Å². The fourth-order valence-corrected chi connectivity index (χ4v) is 2.68. The van der Waals surface area contributed by atoms with Crippen molar-refractivity contribution in [2.24, 2.45) is 0 Å². The number of halogens is 1. The molecule has 0 unspecified atom stereocenters. The van der Waals surface area contributed by atoms with Crippen LogP contribution in [-0.2, 0) is 6.54 Å². The highest BCUT2D eigenvalue weighted by Gasteiger charge is 2.12. The molecule has 3 aromatic rings. The maximum absolute atomic E-state index is 12.3. The Balaban J connectivity index is 1.77. The normalized spacial score (nSPS) is 10.5. The lowest BCUT2D eigenvalue weighted by Crippen LogP contribution is -2.23. The van der Waals surface area contributed by atoms with Gasteiger partial charge in [-0.2, -0.15) is 0 Å². The van der Waals surface area contributed by atoms with Gasteiger partial charge in [0.1, 0.15) is 5.76 Å². The SMILES string of the molecule is Cc1nc(-c2cccc(Br)c2)ccc1C(=O)NCc1ccco1. The molecule has 1 N–H and O–H groups in total. The second-order valence-corrected chi connectivity index (χ2v) is 6.02. The van der Waals surface area contributed by atoms with Gasteiger partial charge in [-0.1, -0.05) is 28.1 Å². The quantitative estimate of drug-likeness (QED) is 0.742. The number of rotatable bonds is 4. The first-order valence-electron chi connectivity index (χ1n) is 7.17. The summed E-state index contributed by atoms with van der Waals surface area (Å²) in [6.45, 7) is 2.20. The average molecular weight is 371 g/mol. The largest absolute Gasteiger partial charge is 0.467 e. The third-order valence-electron chi connectivity index (χ3n) is 3.45. The van der Waals surface area contributed by atoms with E-state index in [9.17, 15) is 4.79 Å². The summed E-state index contributed by atoms with van der Waals surface area (Å²) in [5.74, 6) is 0.557. The zero-order valence-electron chi connectivity index (χ0n) is 12.5. The van der Waals surface area contributed by atoms with E-state index >= 15 is 0 Å². The molecule has 116 valence electrons. The molecule has 0 saturated heterocycles. The molecule has 0 spiro atoms. The Labute approximate surface area is 142 Å². The predicted octanol–water partition coefficient (Wildman–Crippen LogP) is 4.34. The highest BCUT2D eigenvalue weighted by atomic mass is 79.9. The van der Waals surface area contributed by atoms with Gasteiger partial charge in [-0.05, 0) is 43.3 Å². The molecular formula is C18H15BrN2O2. The number of carbonyl (C=O) groups excluding carboxylic acids is 1. The van der Waals surface area contributed by atoms with Gasteiger partial charge >= 0.3 is 0 Å². The molecule has 2 aromatic heterocycles. The lowest BCUT2D eigenvalue weighted by Gasteiger charge is -2.08. The molecule has 3 rings (SSSR count). The van der Waals surface area contributed by atoms with Gasteiger partial charge in [0.15, 0.2) is 0 Å². The summed E-state index contributed by atoms with van der Waals surface area (Å²) < 4.78 is 6.20. The van der Waals surface area contributed by atoms with Crippen LogP contribution in [0.2, 0.25) is 0 Å². The summed E-state index contributed by atoms with van der Waals surface area (Å²) in [6, 6.07) is 15.2. The number of furan rings is 1. The maximum Gasteiger partial charge on any atom is 0.253 e. The van der Waals surface area contributed by atoms with Crippen LogP contribution < -0.4 is 5.32 Å². The number of nitrogens with one attached hydrogen (secondary N) is 1. The van der Waals surface area contributed by atoms with Crippen LogP contribution in [0.5, 0.6) is 0 Å². The third-order valence-corrected chi connectivity index (χ3v) is 3.95. The second-order valence-electron chi connectivity index (χ2n) is 5.10. The Bertz CT molecular complexity index is 829. The molecule has 0 aliphatic carbocycles. The van der Waals surface area contributed by atoms with E-state index in [1.807, 2.05) is 43.3 Å².